The zero-order valence-electron chi connectivity index (χ0n) is 8.68. The summed E-state index contributed by atoms with van der Waals surface area (Å²) in [5.41, 5.74) is 2.02. The first-order chi connectivity index (χ1) is 6.70. The third kappa shape index (κ3) is 1.37. The van der Waals surface area contributed by atoms with E-state index in [0.717, 1.165) is 11.0 Å². The van der Waals surface area contributed by atoms with Crippen LogP contribution in [-0.4, -0.2) is 34.0 Å². The molecule has 0 saturated carbocycles. The zero-order valence-corrected chi connectivity index (χ0v) is 8.68. The van der Waals surface area contributed by atoms with Crippen molar-refractivity contribution in [1.82, 2.24) is 19.9 Å². The summed E-state index contributed by atoms with van der Waals surface area (Å²) in [6, 6.07) is 7.99. The number of aromatic nitrogens is 3. The molecule has 0 amide bonds. The van der Waals surface area contributed by atoms with Gasteiger partial charge in [-0.15, -0.1) is 5.10 Å². The summed E-state index contributed by atoms with van der Waals surface area (Å²) in [7, 11) is 4.06. The molecule has 0 radical (unpaired) electrons. The van der Waals surface area contributed by atoms with Crippen molar-refractivity contribution in [2.75, 3.05) is 14.1 Å². The molecular formula is C10H14N4. The number of hydrogen-bond donors (Lipinski definition) is 0. The normalized spacial score (nSPS) is 13.7. The van der Waals surface area contributed by atoms with E-state index in [-0.39, 0.29) is 6.17 Å². The molecule has 1 aromatic carbocycles. The SMILES string of the molecule is CC(N(C)C)n1nnc2ccccc21. The standard InChI is InChI=1S/C10H14N4/c1-8(13(2)3)14-10-7-5-4-6-9(10)11-12-14/h4-8H,1-3H3. The van der Waals surface area contributed by atoms with Crippen LogP contribution in [0.4, 0.5) is 0 Å². The molecule has 0 spiro atoms. The Labute approximate surface area is 83.1 Å². The predicted octanol–water partition coefficient (Wildman–Crippen LogP) is 1.51. The van der Waals surface area contributed by atoms with Crippen LogP contribution in [0.5, 0.6) is 0 Å². The molecule has 0 aliphatic rings. The minimum absolute atomic E-state index is 0.224. The minimum Gasteiger partial charge on any atom is -0.288 e. The number of hydrogen-bond acceptors (Lipinski definition) is 3. The van der Waals surface area contributed by atoms with Crippen molar-refractivity contribution in [3.8, 4) is 0 Å². The molecule has 2 aromatic rings. The smallest absolute Gasteiger partial charge is 0.113 e. The molecule has 74 valence electrons. The average molecular weight is 190 g/mol. The van der Waals surface area contributed by atoms with E-state index in [1.54, 1.807) is 0 Å². The van der Waals surface area contributed by atoms with Gasteiger partial charge in [-0.05, 0) is 33.2 Å². The van der Waals surface area contributed by atoms with E-state index < -0.39 is 0 Å². The Hall–Kier alpha value is -1.42. The van der Waals surface area contributed by atoms with Crippen LogP contribution in [0.2, 0.25) is 0 Å². The molecule has 1 atom stereocenters. The van der Waals surface area contributed by atoms with E-state index in [1.807, 2.05) is 43.0 Å². The highest BCUT2D eigenvalue weighted by molar-refractivity contribution is 5.73. The quantitative estimate of drug-likeness (QED) is 0.719. The fraction of sp³-hybridized carbons (Fsp3) is 0.400. The van der Waals surface area contributed by atoms with Gasteiger partial charge in [0.05, 0.1) is 5.52 Å². The van der Waals surface area contributed by atoms with Crippen molar-refractivity contribution in [3.05, 3.63) is 24.3 Å². The molecule has 2 rings (SSSR count). The van der Waals surface area contributed by atoms with Gasteiger partial charge in [0, 0.05) is 0 Å². The lowest BCUT2D eigenvalue weighted by atomic mass is 10.3. The van der Waals surface area contributed by atoms with Crippen LogP contribution in [0, 0.1) is 0 Å². The van der Waals surface area contributed by atoms with Gasteiger partial charge in [0.1, 0.15) is 11.7 Å². The minimum atomic E-state index is 0.224. The van der Waals surface area contributed by atoms with Gasteiger partial charge in [0.2, 0.25) is 0 Å². The summed E-state index contributed by atoms with van der Waals surface area (Å²) < 4.78 is 1.93. The average Bonchev–Trinajstić information content (AvgIpc) is 2.60. The first kappa shape index (κ1) is 9.15. The molecule has 1 aromatic heterocycles. The molecule has 4 heteroatoms. The number of nitrogens with zero attached hydrogens (tertiary/aromatic N) is 4. The van der Waals surface area contributed by atoms with Gasteiger partial charge in [-0.3, -0.25) is 4.90 Å². The maximum atomic E-state index is 4.14. The van der Waals surface area contributed by atoms with Gasteiger partial charge in [-0.1, -0.05) is 17.3 Å². The monoisotopic (exact) mass is 190 g/mol. The van der Waals surface area contributed by atoms with Crippen LogP contribution < -0.4 is 0 Å². The second-order valence-corrected chi connectivity index (χ2v) is 3.62. The van der Waals surface area contributed by atoms with Crippen molar-refractivity contribution >= 4 is 11.0 Å². The molecule has 0 N–H and O–H groups in total. The molecule has 1 heterocycles. The highest BCUT2D eigenvalue weighted by atomic mass is 15.5. The van der Waals surface area contributed by atoms with Gasteiger partial charge >= 0.3 is 0 Å². The summed E-state index contributed by atoms with van der Waals surface area (Å²) >= 11 is 0. The van der Waals surface area contributed by atoms with Crippen LogP contribution in [-0.2, 0) is 0 Å². The summed E-state index contributed by atoms with van der Waals surface area (Å²) in [4.78, 5) is 2.10. The van der Waals surface area contributed by atoms with E-state index in [1.165, 1.54) is 0 Å². The predicted molar refractivity (Wildman–Crippen MR) is 55.9 cm³/mol. The van der Waals surface area contributed by atoms with Crippen molar-refractivity contribution in [2.45, 2.75) is 13.1 Å². The third-order valence-corrected chi connectivity index (χ3v) is 2.48. The van der Waals surface area contributed by atoms with E-state index in [4.69, 9.17) is 0 Å². The van der Waals surface area contributed by atoms with Crippen LogP contribution in [0.15, 0.2) is 24.3 Å². The van der Waals surface area contributed by atoms with Gasteiger partial charge < -0.3 is 0 Å². The summed E-state index contributed by atoms with van der Waals surface area (Å²) in [6.45, 7) is 2.10. The second kappa shape index (κ2) is 3.38. The lowest BCUT2D eigenvalue weighted by Crippen LogP contribution is -2.23. The first-order valence-corrected chi connectivity index (χ1v) is 4.66. The molecular weight excluding hydrogens is 176 g/mol. The zero-order chi connectivity index (χ0) is 10.1. The van der Waals surface area contributed by atoms with E-state index in [2.05, 4.69) is 22.1 Å². The van der Waals surface area contributed by atoms with E-state index in [0.29, 0.717) is 0 Å². The highest BCUT2D eigenvalue weighted by Crippen LogP contribution is 2.15. The van der Waals surface area contributed by atoms with Crippen molar-refractivity contribution in [3.63, 3.8) is 0 Å². The van der Waals surface area contributed by atoms with Gasteiger partial charge in [-0.25, -0.2) is 4.68 Å². The van der Waals surface area contributed by atoms with Crippen molar-refractivity contribution in [2.24, 2.45) is 0 Å². The Bertz CT molecular complexity index is 432. The Morgan fingerprint density at radius 3 is 2.71 bits per heavy atom. The van der Waals surface area contributed by atoms with E-state index in [9.17, 15) is 0 Å². The summed E-state index contributed by atoms with van der Waals surface area (Å²) in [5.74, 6) is 0. The summed E-state index contributed by atoms with van der Waals surface area (Å²) in [5, 5.41) is 8.25. The maximum absolute atomic E-state index is 4.14. The van der Waals surface area contributed by atoms with E-state index >= 15 is 0 Å². The molecule has 0 fully saturated rings. The molecule has 0 bridgehead atoms. The molecule has 1 unspecified atom stereocenters. The Morgan fingerprint density at radius 2 is 2.00 bits per heavy atom. The number of benzene rings is 1. The van der Waals surface area contributed by atoms with Gasteiger partial charge in [0.15, 0.2) is 0 Å². The van der Waals surface area contributed by atoms with Crippen LogP contribution in [0.1, 0.15) is 13.1 Å². The maximum Gasteiger partial charge on any atom is 0.113 e. The van der Waals surface area contributed by atoms with Crippen LogP contribution >= 0.6 is 0 Å². The van der Waals surface area contributed by atoms with Crippen molar-refractivity contribution < 1.29 is 0 Å². The molecule has 0 aliphatic carbocycles. The Morgan fingerprint density at radius 1 is 1.29 bits per heavy atom. The lowest BCUT2D eigenvalue weighted by Gasteiger charge is -2.19. The lowest BCUT2D eigenvalue weighted by molar-refractivity contribution is 0.223. The first-order valence-electron chi connectivity index (χ1n) is 4.66. The number of rotatable bonds is 2. The largest absolute Gasteiger partial charge is 0.288 e. The summed E-state index contributed by atoms with van der Waals surface area (Å²) in [6.07, 6.45) is 0.224. The van der Waals surface area contributed by atoms with Crippen LogP contribution in [0.25, 0.3) is 11.0 Å². The number of fused-ring (bicyclic) bond motifs is 1. The topological polar surface area (TPSA) is 34.0 Å². The fourth-order valence-electron chi connectivity index (χ4n) is 1.38. The molecule has 0 saturated heterocycles. The van der Waals surface area contributed by atoms with Gasteiger partial charge in [0.25, 0.3) is 0 Å². The Balaban J connectivity index is 2.53. The van der Waals surface area contributed by atoms with Crippen molar-refractivity contribution in [1.29, 1.82) is 0 Å². The van der Waals surface area contributed by atoms with Crippen LogP contribution in [0.3, 0.4) is 0 Å². The third-order valence-electron chi connectivity index (χ3n) is 2.48. The second-order valence-electron chi connectivity index (χ2n) is 3.62. The highest BCUT2D eigenvalue weighted by Gasteiger charge is 2.11. The van der Waals surface area contributed by atoms with Gasteiger partial charge in [-0.2, -0.15) is 0 Å². The molecule has 0 aliphatic heterocycles. The Kier molecular flexibility index (Phi) is 2.21. The fourth-order valence-corrected chi connectivity index (χ4v) is 1.38. The molecule has 14 heavy (non-hydrogen) atoms. The molecule has 4 nitrogen and oxygen atoms in total. The number of para-hydroxylation sites is 1.